The summed E-state index contributed by atoms with van der Waals surface area (Å²) in [5, 5.41) is 0. The molecule has 0 radical (unpaired) electrons. The van der Waals surface area contributed by atoms with Crippen molar-refractivity contribution in [2.45, 2.75) is 26.3 Å². The standard InChI is InChI=1S/C12H18N2O2/c1-2-14(8-10-4-3-7-16-10)11(15)12(9-13)5-6-12/h3-4,7H,2,5-6,8-9,13H2,1H3. The summed E-state index contributed by atoms with van der Waals surface area (Å²) in [7, 11) is 0. The van der Waals surface area contributed by atoms with Crippen LogP contribution in [0, 0.1) is 5.41 Å². The highest BCUT2D eigenvalue weighted by Crippen LogP contribution is 2.46. The van der Waals surface area contributed by atoms with Crippen molar-refractivity contribution in [3.8, 4) is 0 Å². The summed E-state index contributed by atoms with van der Waals surface area (Å²) in [4.78, 5) is 14.0. The number of furan rings is 1. The second-order valence-electron chi connectivity index (χ2n) is 4.38. The van der Waals surface area contributed by atoms with E-state index >= 15 is 0 Å². The second-order valence-corrected chi connectivity index (χ2v) is 4.38. The summed E-state index contributed by atoms with van der Waals surface area (Å²) in [5.41, 5.74) is 5.40. The van der Waals surface area contributed by atoms with Crippen molar-refractivity contribution in [3.63, 3.8) is 0 Å². The molecule has 0 spiro atoms. The van der Waals surface area contributed by atoms with Gasteiger partial charge < -0.3 is 15.1 Å². The highest BCUT2D eigenvalue weighted by atomic mass is 16.3. The number of carbonyl (C=O) groups is 1. The molecule has 0 saturated heterocycles. The zero-order valence-corrected chi connectivity index (χ0v) is 9.61. The SMILES string of the molecule is CCN(Cc1ccco1)C(=O)C1(CN)CC1. The van der Waals surface area contributed by atoms with Gasteiger partial charge in [-0.25, -0.2) is 0 Å². The Morgan fingerprint density at radius 2 is 2.38 bits per heavy atom. The molecule has 0 atom stereocenters. The molecule has 0 unspecified atom stereocenters. The van der Waals surface area contributed by atoms with Crippen LogP contribution in [-0.4, -0.2) is 23.9 Å². The van der Waals surface area contributed by atoms with Crippen molar-refractivity contribution in [2.75, 3.05) is 13.1 Å². The van der Waals surface area contributed by atoms with Crippen LogP contribution in [0.5, 0.6) is 0 Å². The Labute approximate surface area is 95.4 Å². The summed E-state index contributed by atoms with van der Waals surface area (Å²) >= 11 is 0. The topological polar surface area (TPSA) is 59.5 Å². The van der Waals surface area contributed by atoms with Crippen LogP contribution in [0.15, 0.2) is 22.8 Å². The molecule has 4 heteroatoms. The summed E-state index contributed by atoms with van der Waals surface area (Å²) in [6.07, 6.45) is 3.48. The minimum atomic E-state index is -0.261. The first-order chi connectivity index (χ1) is 7.72. The molecule has 0 aliphatic heterocycles. The Morgan fingerprint density at radius 3 is 2.81 bits per heavy atom. The van der Waals surface area contributed by atoms with Crippen molar-refractivity contribution in [1.82, 2.24) is 4.90 Å². The quantitative estimate of drug-likeness (QED) is 0.818. The molecule has 0 bridgehead atoms. The van der Waals surface area contributed by atoms with Gasteiger partial charge in [0, 0.05) is 13.1 Å². The average Bonchev–Trinajstić information content (AvgIpc) is 2.95. The van der Waals surface area contributed by atoms with Crippen molar-refractivity contribution >= 4 is 5.91 Å². The van der Waals surface area contributed by atoms with Gasteiger partial charge in [0.1, 0.15) is 5.76 Å². The minimum absolute atomic E-state index is 0.175. The smallest absolute Gasteiger partial charge is 0.230 e. The van der Waals surface area contributed by atoms with Gasteiger partial charge in [-0.1, -0.05) is 0 Å². The van der Waals surface area contributed by atoms with Crippen molar-refractivity contribution in [3.05, 3.63) is 24.2 Å². The summed E-state index contributed by atoms with van der Waals surface area (Å²) in [6, 6.07) is 3.72. The van der Waals surface area contributed by atoms with E-state index in [-0.39, 0.29) is 11.3 Å². The zero-order chi connectivity index (χ0) is 11.6. The van der Waals surface area contributed by atoms with Crippen LogP contribution in [0.1, 0.15) is 25.5 Å². The molecule has 2 rings (SSSR count). The first-order valence-electron chi connectivity index (χ1n) is 5.73. The first kappa shape index (κ1) is 11.2. The first-order valence-corrected chi connectivity index (χ1v) is 5.73. The van der Waals surface area contributed by atoms with Crippen LogP contribution in [0.2, 0.25) is 0 Å². The van der Waals surface area contributed by atoms with E-state index < -0.39 is 0 Å². The van der Waals surface area contributed by atoms with E-state index in [9.17, 15) is 4.79 Å². The highest BCUT2D eigenvalue weighted by Gasteiger charge is 2.50. The number of rotatable bonds is 5. The molecule has 0 aromatic carbocycles. The van der Waals surface area contributed by atoms with Gasteiger partial charge in [0.15, 0.2) is 0 Å². The molecule has 88 valence electrons. The third kappa shape index (κ3) is 1.97. The second kappa shape index (κ2) is 4.29. The number of nitrogens with zero attached hydrogens (tertiary/aromatic N) is 1. The fraction of sp³-hybridized carbons (Fsp3) is 0.583. The molecular formula is C12H18N2O2. The van der Waals surface area contributed by atoms with Gasteiger partial charge in [-0.3, -0.25) is 4.79 Å². The van der Waals surface area contributed by atoms with E-state index in [1.807, 2.05) is 24.0 Å². The molecule has 1 aromatic rings. The van der Waals surface area contributed by atoms with Gasteiger partial charge in [0.25, 0.3) is 0 Å². The fourth-order valence-corrected chi connectivity index (χ4v) is 1.91. The van der Waals surface area contributed by atoms with E-state index in [4.69, 9.17) is 10.2 Å². The molecule has 1 aromatic heterocycles. The van der Waals surface area contributed by atoms with E-state index in [1.165, 1.54) is 0 Å². The lowest BCUT2D eigenvalue weighted by Crippen LogP contribution is -2.39. The monoisotopic (exact) mass is 222 g/mol. The predicted octanol–water partition coefficient (Wildman–Crippen LogP) is 1.37. The summed E-state index contributed by atoms with van der Waals surface area (Å²) < 4.78 is 5.26. The molecule has 2 N–H and O–H groups in total. The normalized spacial score (nSPS) is 17.1. The summed E-state index contributed by atoms with van der Waals surface area (Å²) in [6.45, 7) is 3.68. The van der Waals surface area contributed by atoms with Crippen LogP contribution in [0.25, 0.3) is 0 Å². The van der Waals surface area contributed by atoms with Crippen molar-refractivity contribution < 1.29 is 9.21 Å². The van der Waals surface area contributed by atoms with Crippen LogP contribution in [-0.2, 0) is 11.3 Å². The van der Waals surface area contributed by atoms with Crippen LogP contribution < -0.4 is 5.73 Å². The van der Waals surface area contributed by atoms with Crippen LogP contribution >= 0.6 is 0 Å². The maximum atomic E-state index is 12.2. The summed E-state index contributed by atoms with van der Waals surface area (Å²) in [5.74, 6) is 0.997. The Balaban J connectivity index is 2.02. The van der Waals surface area contributed by atoms with E-state index in [0.717, 1.165) is 18.6 Å². The molecule has 1 amide bonds. The molecule has 1 aliphatic carbocycles. The molecule has 1 fully saturated rings. The molecule has 1 aliphatic rings. The lowest BCUT2D eigenvalue weighted by atomic mass is 10.1. The van der Waals surface area contributed by atoms with Gasteiger partial charge in [-0.2, -0.15) is 0 Å². The van der Waals surface area contributed by atoms with Crippen LogP contribution in [0.4, 0.5) is 0 Å². The average molecular weight is 222 g/mol. The number of hydrogen-bond acceptors (Lipinski definition) is 3. The Hall–Kier alpha value is -1.29. The largest absolute Gasteiger partial charge is 0.467 e. The highest BCUT2D eigenvalue weighted by molar-refractivity contribution is 5.85. The molecule has 16 heavy (non-hydrogen) atoms. The molecule has 1 saturated carbocycles. The van der Waals surface area contributed by atoms with Gasteiger partial charge >= 0.3 is 0 Å². The van der Waals surface area contributed by atoms with E-state index in [0.29, 0.717) is 19.6 Å². The molecule has 4 nitrogen and oxygen atoms in total. The van der Waals surface area contributed by atoms with Crippen LogP contribution in [0.3, 0.4) is 0 Å². The fourth-order valence-electron chi connectivity index (χ4n) is 1.91. The number of carbonyl (C=O) groups excluding carboxylic acids is 1. The maximum Gasteiger partial charge on any atom is 0.230 e. The lowest BCUT2D eigenvalue weighted by Gasteiger charge is -2.24. The van der Waals surface area contributed by atoms with Crippen molar-refractivity contribution in [2.24, 2.45) is 11.1 Å². The Morgan fingerprint density at radius 1 is 1.62 bits per heavy atom. The van der Waals surface area contributed by atoms with E-state index in [1.54, 1.807) is 6.26 Å². The third-order valence-electron chi connectivity index (χ3n) is 3.29. The third-order valence-corrected chi connectivity index (χ3v) is 3.29. The number of hydrogen-bond donors (Lipinski definition) is 1. The van der Waals surface area contributed by atoms with Gasteiger partial charge in [-0.05, 0) is 31.9 Å². The molecular weight excluding hydrogens is 204 g/mol. The van der Waals surface area contributed by atoms with Crippen molar-refractivity contribution in [1.29, 1.82) is 0 Å². The maximum absolute atomic E-state index is 12.2. The van der Waals surface area contributed by atoms with Gasteiger partial charge in [0.05, 0.1) is 18.2 Å². The zero-order valence-electron chi connectivity index (χ0n) is 9.61. The number of amides is 1. The Bertz CT molecular complexity index is 355. The van der Waals surface area contributed by atoms with Gasteiger partial charge in [-0.15, -0.1) is 0 Å². The lowest BCUT2D eigenvalue weighted by molar-refractivity contribution is -0.137. The van der Waals surface area contributed by atoms with Gasteiger partial charge in [0.2, 0.25) is 5.91 Å². The Kier molecular flexibility index (Phi) is 3.01. The predicted molar refractivity (Wildman–Crippen MR) is 60.5 cm³/mol. The number of nitrogens with two attached hydrogens (primary N) is 1. The minimum Gasteiger partial charge on any atom is -0.467 e. The molecule has 1 heterocycles. The van der Waals surface area contributed by atoms with E-state index in [2.05, 4.69) is 0 Å².